The van der Waals surface area contributed by atoms with E-state index >= 15 is 0 Å². The molecule has 0 amide bonds. The van der Waals surface area contributed by atoms with Crippen LogP contribution < -0.4 is 5.32 Å². The molecule has 0 aromatic heterocycles. The minimum Gasteiger partial charge on any atom is -0.383 e. The van der Waals surface area contributed by atoms with Gasteiger partial charge in [-0.15, -0.1) is 0 Å². The summed E-state index contributed by atoms with van der Waals surface area (Å²) >= 11 is 3.55. The Morgan fingerprint density at radius 2 is 2.00 bits per heavy atom. The molecule has 2 nitrogen and oxygen atoms in total. The van der Waals surface area contributed by atoms with Gasteiger partial charge in [0.15, 0.2) is 0 Å². The fraction of sp³-hybridized carbons (Fsp3) is 0.500. The molecule has 0 bridgehead atoms. The van der Waals surface area contributed by atoms with E-state index < -0.39 is 0 Å². The van der Waals surface area contributed by atoms with Crippen molar-refractivity contribution < 1.29 is 4.74 Å². The van der Waals surface area contributed by atoms with E-state index in [4.69, 9.17) is 4.74 Å². The second-order valence-electron chi connectivity index (χ2n) is 3.77. The molecule has 1 aromatic carbocycles. The summed E-state index contributed by atoms with van der Waals surface area (Å²) in [4.78, 5) is 0. The average molecular weight is 272 g/mol. The average Bonchev–Trinajstić information content (AvgIpc) is 2.18. The zero-order chi connectivity index (χ0) is 11.3. The predicted molar refractivity (Wildman–Crippen MR) is 67.0 cm³/mol. The zero-order valence-corrected chi connectivity index (χ0v) is 11.0. The van der Waals surface area contributed by atoms with E-state index in [0.717, 1.165) is 11.1 Å². The number of ether oxygens (including phenoxy) is 1. The minimum absolute atomic E-state index is 0.325. The Hall–Kier alpha value is -0.380. The summed E-state index contributed by atoms with van der Waals surface area (Å²) in [5.41, 5.74) is 1.28. The summed E-state index contributed by atoms with van der Waals surface area (Å²) in [5, 5.41) is 3.48. The van der Waals surface area contributed by atoms with E-state index in [1.165, 1.54) is 5.56 Å². The molecule has 0 fully saturated rings. The summed E-state index contributed by atoms with van der Waals surface area (Å²) in [6, 6.07) is 8.95. The Morgan fingerprint density at radius 1 is 1.33 bits per heavy atom. The molecule has 15 heavy (non-hydrogen) atoms. The molecule has 2 atom stereocenters. The van der Waals surface area contributed by atoms with E-state index in [9.17, 15) is 0 Å². The van der Waals surface area contributed by atoms with Gasteiger partial charge >= 0.3 is 0 Å². The summed E-state index contributed by atoms with van der Waals surface area (Å²) in [6.07, 6.45) is 0. The van der Waals surface area contributed by atoms with Crippen molar-refractivity contribution in [1.82, 2.24) is 5.32 Å². The first-order valence-electron chi connectivity index (χ1n) is 5.14. The molecule has 0 spiro atoms. The third-order valence-corrected chi connectivity index (χ3v) is 3.05. The normalized spacial score (nSPS) is 14.9. The van der Waals surface area contributed by atoms with Crippen molar-refractivity contribution in [3.8, 4) is 0 Å². The number of hydrogen-bond donors (Lipinski definition) is 1. The SMILES string of the molecule is COCC(C)N[C@@H](C)c1ccccc1Br. The van der Waals surface area contributed by atoms with Crippen LogP contribution in [0, 0.1) is 0 Å². The Labute approximate surface area is 100 Å². The van der Waals surface area contributed by atoms with Crippen LogP contribution in [0.3, 0.4) is 0 Å². The highest BCUT2D eigenvalue weighted by molar-refractivity contribution is 9.10. The summed E-state index contributed by atoms with van der Waals surface area (Å²) in [6.45, 7) is 5.01. The molecule has 84 valence electrons. The van der Waals surface area contributed by atoms with Crippen LogP contribution in [-0.2, 0) is 4.74 Å². The van der Waals surface area contributed by atoms with Crippen LogP contribution >= 0.6 is 15.9 Å². The van der Waals surface area contributed by atoms with Crippen LogP contribution in [0.25, 0.3) is 0 Å². The van der Waals surface area contributed by atoms with Crippen LogP contribution in [0.4, 0.5) is 0 Å². The molecular weight excluding hydrogens is 254 g/mol. The standard InChI is InChI=1S/C12H18BrNO/c1-9(8-15-3)14-10(2)11-6-4-5-7-12(11)13/h4-7,9-10,14H,8H2,1-3H3/t9?,10-/m0/s1. The molecule has 0 radical (unpaired) electrons. The number of rotatable bonds is 5. The van der Waals surface area contributed by atoms with Gasteiger partial charge in [-0.05, 0) is 25.5 Å². The van der Waals surface area contributed by atoms with Crippen molar-refractivity contribution in [1.29, 1.82) is 0 Å². The fourth-order valence-electron chi connectivity index (χ4n) is 1.64. The fourth-order valence-corrected chi connectivity index (χ4v) is 2.27. The number of halogens is 1. The van der Waals surface area contributed by atoms with Crippen LogP contribution in [0.2, 0.25) is 0 Å². The monoisotopic (exact) mass is 271 g/mol. The van der Waals surface area contributed by atoms with E-state index in [0.29, 0.717) is 12.1 Å². The molecule has 0 aliphatic heterocycles. The predicted octanol–water partition coefficient (Wildman–Crippen LogP) is 3.13. The van der Waals surface area contributed by atoms with Gasteiger partial charge in [0.2, 0.25) is 0 Å². The number of hydrogen-bond acceptors (Lipinski definition) is 2. The van der Waals surface area contributed by atoms with Gasteiger partial charge in [0.1, 0.15) is 0 Å². The number of nitrogens with one attached hydrogen (secondary N) is 1. The molecule has 0 heterocycles. The van der Waals surface area contributed by atoms with Gasteiger partial charge in [0.25, 0.3) is 0 Å². The zero-order valence-electron chi connectivity index (χ0n) is 9.46. The maximum absolute atomic E-state index is 5.10. The first-order valence-corrected chi connectivity index (χ1v) is 5.94. The van der Waals surface area contributed by atoms with Gasteiger partial charge < -0.3 is 10.1 Å². The quantitative estimate of drug-likeness (QED) is 0.889. The van der Waals surface area contributed by atoms with Crippen molar-refractivity contribution in [3.63, 3.8) is 0 Å². The first-order chi connectivity index (χ1) is 7.15. The maximum Gasteiger partial charge on any atom is 0.0613 e. The van der Waals surface area contributed by atoms with Crippen molar-refractivity contribution in [2.24, 2.45) is 0 Å². The number of methoxy groups -OCH3 is 1. The third kappa shape index (κ3) is 3.93. The third-order valence-electron chi connectivity index (χ3n) is 2.32. The molecular formula is C12H18BrNO. The summed E-state index contributed by atoms with van der Waals surface area (Å²) < 4.78 is 6.24. The van der Waals surface area contributed by atoms with Gasteiger partial charge in [0.05, 0.1) is 6.61 Å². The second-order valence-corrected chi connectivity index (χ2v) is 4.62. The first kappa shape index (κ1) is 12.7. The van der Waals surface area contributed by atoms with Gasteiger partial charge in [-0.1, -0.05) is 34.1 Å². The Kier molecular flexibility index (Phi) is 5.29. The van der Waals surface area contributed by atoms with Crippen LogP contribution in [0.15, 0.2) is 28.7 Å². The van der Waals surface area contributed by atoms with Crippen molar-refractivity contribution in [2.45, 2.75) is 25.9 Å². The van der Waals surface area contributed by atoms with E-state index in [1.54, 1.807) is 7.11 Å². The highest BCUT2D eigenvalue weighted by atomic mass is 79.9. The molecule has 0 saturated carbocycles. The molecule has 1 N–H and O–H groups in total. The lowest BCUT2D eigenvalue weighted by atomic mass is 10.1. The van der Waals surface area contributed by atoms with Gasteiger partial charge in [-0.3, -0.25) is 0 Å². The minimum atomic E-state index is 0.325. The lowest BCUT2D eigenvalue weighted by molar-refractivity contribution is 0.167. The van der Waals surface area contributed by atoms with Crippen LogP contribution in [0.5, 0.6) is 0 Å². The van der Waals surface area contributed by atoms with Crippen LogP contribution in [-0.4, -0.2) is 19.8 Å². The Bertz CT molecular complexity index is 303. The van der Waals surface area contributed by atoms with Gasteiger partial charge in [-0.25, -0.2) is 0 Å². The smallest absolute Gasteiger partial charge is 0.0613 e. The Morgan fingerprint density at radius 3 is 2.60 bits per heavy atom. The summed E-state index contributed by atoms with van der Waals surface area (Å²) in [5.74, 6) is 0. The molecule has 0 aliphatic carbocycles. The van der Waals surface area contributed by atoms with Crippen LogP contribution in [0.1, 0.15) is 25.5 Å². The topological polar surface area (TPSA) is 21.3 Å². The molecule has 1 aromatic rings. The highest BCUT2D eigenvalue weighted by Crippen LogP contribution is 2.22. The summed E-state index contributed by atoms with van der Waals surface area (Å²) in [7, 11) is 1.72. The van der Waals surface area contributed by atoms with Gasteiger partial charge in [0, 0.05) is 23.7 Å². The molecule has 3 heteroatoms. The molecule has 0 aliphatic rings. The largest absolute Gasteiger partial charge is 0.383 e. The van der Waals surface area contributed by atoms with E-state index in [-0.39, 0.29) is 0 Å². The van der Waals surface area contributed by atoms with Crippen molar-refractivity contribution in [3.05, 3.63) is 34.3 Å². The van der Waals surface area contributed by atoms with E-state index in [2.05, 4.69) is 53.3 Å². The van der Waals surface area contributed by atoms with Crippen molar-refractivity contribution in [2.75, 3.05) is 13.7 Å². The molecule has 0 saturated heterocycles. The highest BCUT2D eigenvalue weighted by Gasteiger charge is 2.11. The second kappa shape index (κ2) is 6.26. The lowest BCUT2D eigenvalue weighted by Gasteiger charge is -2.20. The molecule has 1 unspecified atom stereocenters. The lowest BCUT2D eigenvalue weighted by Crippen LogP contribution is -2.32. The van der Waals surface area contributed by atoms with E-state index in [1.807, 2.05) is 6.07 Å². The maximum atomic E-state index is 5.10. The van der Waals surface area contributed by atoms with Gasteiger partial charge in [-0.2, -0.15) is 0 Å². The Balaban J connectivity index is 2.61. The van der Waals surface area contributed by atoms with Crippen molar-refractivity contribution >= 4 is 15.9 Å². The number of benzene rings is 1. The molecule has 1 rings (SSSR count).